The van der Waals surface area contributed by atoms with Gasteiger partial charge < -0.3 is 47.7 Å². The third kappa shape index (κ3) is 10.9. The lowest BCUT2D eigenvalue weighted by Crippen LogP contribution is -2.32. The predicted octanol–water partition coefficient (Wildman–Crippen LogP) is 5.27. The SMILES string of the molecule is C/C=C(/CC)COc1cc(C(=O)OCCCN2CCCN(CCCOC(=O)c3cc(OC)c(OC)c(OC)c3)CC2)cc(OC)c1OC. The second kappa shape index (κ2) is 20.3. The van der Waals surface area contributed by atoms with Gasteiger partial charge in [-0.25, -0.2) is 9.59 Å². The Kier molecular flexibility index (Phi) is 16.2. The average molecular weight is 673 g/mol. The molecule has 0 radical (unpaired) electrons. The summed E-state index contributed by atoms with van der Waals surface area (Å²) in [6, 6.07) is 6.43. The molecule has 0 spiro atoms. The second-order valence-corrected chi connectivity index (χ2v) is 11.2. The van der Waals surface area contributed by atoms with E-state index in [4.69, 9.17) is 37.9 Å². The van der Waals surface area contributed by atoms with Gasteiger partial charge in [0.25, 0.3) is 0 Å². The first kappa shape index (κ1) is 38.3. The van der Waals surface area contributed by atoms with Crippen molar-refractivity contribution in [2.45, 2.75) is 39.5 Å². The molecule has 1 saturated heterocycles. The Hall–Kier alpha value is -4.16. The maximum absolute atomic E-state index is 12.9. The molecule has 1 aliphatic heterocycles. The van der Waals surface area contributed by atoms with Crippen LogP contribution in [0.2, 0.25) is 0 Å². The number of rotatable bonds is 19. The van der Waals surface area contributed by atoms with Gasteiger partial charge in [-0.15, -0.1) is 0 Å². The highest BCUT2D eigenvalue weighted by atomic mass is 16.5. The summed E-state index contributed by atoms with van der Waals surface area (Å²) in [7, 11) is 7.59. The average Bonchev–Trinajstić information content (AvgIpc) is 3.35. The van der Waals surface area contributed by atoms with Crippen LogP contribution in [0.5, 0.6) is 34.5 Å². The minimum absolute atomic E-state index is 0.305. The number of hydrogen-bond donors (Lipinski definition) is 0. The largest absolute Gasteiger partial charge is 0.493 e. The van der Waals surface area contributed by atoms with Crippen molar-refractivity contribution in [1.29, 1.82) is 0 Å². The normalized spacial score (nSPS) is 14.1. The topological polar surface area (TPSA) is 114 Å². The van der Waals surface area contributed by atoms with Crippen molar-refractivity contribution in [3.05, 3.63) is 47.0 Å². The standard InChI is InChI=1S/C36H52N2O10/c1-8-26(9-2)25-48-32-24-28(23-31(43-5)34(32)45-7)36(40)47-20-12-16-38-14-10-13-37(17-18-38)15-11-19-46-35(39)27-21-29(41-3)33(44-6)30(22-27)42-4/h8,21-24H,9-20,25H2,1-7H3/b26-8-. The van der Waals surface area contributed by atoms with E-state index in [9.17, 15) is 9.59 Å². The summed E-state index contributed by atoms with van der Waals surface area (Å²) in [6.07, 6.45) is 5.37. The monoisotopic (exact) mass is 672 g/mol. The fourth-order valence-electron chi connectivity index (χ4n) is 5.46. The highest BCUT2D eigenvalue weighted by molar-refractivity contribution is 5.91. The van der Waals surface area contributed by atoms with Crippen LogP contribution in [-0.4, -0.2) is 116 Å². The van der Waals surface area contributed by atoms with Gasteiger partial charge in [-0.3, -0.25) is 0 Å². The number of carbonyl (C=O) groups excluding carboxylic acids is 2. The van der Waals surface area contributed by atoms with E-state index in [1.54, 1.807) is 31.4 Å². The molecule has 2 aromatic carbocycles. The molecule has 266 valence electrons. The molecule has 2 aromatic rings. The van der Waals surface area contributed by atoms with E-state index in [1.807, 2.05) is 13.0 Å². The van der Waals surface area contributed by atoms with E-state index in [0.29, 0.717) is 65.4 Å². The van der Waals surface area contributed by atoms with Crippen LogP contribution in [0.4, 0.5) is 0 Å². The van der Waals surface area contributed by atoms with Crippen LogP contribution in [0.15, 0.2) is 35.9 Å². The maximum atomic E-state index is 12.9. The molecule has 48 heavy (non-hydrogen) atoms. The molecule has 0 saturated carbocycles. The third-order valence-corrected chi connectivity index (χ3v) is 8.24. The highest BCUT2D eigenvalue weighted by Crippen LogP contribution is 2.39. The Bertz CT molecular complexity index is 1340. The summed E-state index contributed by atoms with van der Waals surface area (Å²) in [6.45, 7) is 10.5. The molecular formula is C36H52N2O10. The number of carbonyl (C=O) groups is 2. The zero-order valence-electron chi connectivity index (χ0n) is 29.6. The summed E-state index contributed by atoms with van der Waals surface area (Å²) in [5.74, 6) is 1.63. The number of esters is 2. The smallest absolute Gasteiger partial charge is 0.338 e. The van der Waals surface area contributed by atoms with Crippen molar-refractivity contribution in [3.8, 4) is 34.5 Å². The molecule has 1 heterocycles. The van der Waals surface area contributed by atoms with Gasteiger partial charge in [-0.05, 0) is 75.5 Å². The Morgan fingerprint density at radius 1 is 0.667 bits per heavy atom. The zero-order valence-corrected chi connectivity index (χ0v) is 29.6. The lowest BCUT2D eigenvalue weighted by Gasteiger charge is -2.21. The summed E-state index contributed by atoms with van der Waals surface area (Å²) >= 11 is 0. The van der Waals surface area contributed by atoms with E-state index in [0.717, 1.165) is 70.5 Å². The van der Waals surface area contributed by atoms with Crippen LogP contribution < -0.4 is 28.4 Å². The molecule has 12 nitrogen and oxygen atoms in total. The quantitative estimate of drug-likeness (QED) is 0.110. The Morgan fingerprint density at radius 3 is 1.50 bits per heavy atom. The van der Waals surface area contributed by atoms with Gasteiger partial charge in [-0.1, -0.05) is 13.0 Å². The van der Waals surface area contributed by atoms with E-state index in [1.165, 1.54) is 28.4 Å². The van der Waals surface area contributed by atoms with Crippen molar-refractivity contribution in [2.75, 3.05) is 94.6 Å². The molecule has 0 atom stereocenters. The van der Waals surface area contributed by atoms with Gasteiger partial charge in [0.05, 0.1) is 59.9 Å². The molecule has 0 amide bonds. The zero-order chi connectivity index (χ0) is 34.9. The van der Waals surface area contributed by atoms with Crippen LogP contribution in [0, 0.1) is 0 Å². The summed E-state index contributed by atoms with van der Waals surface area (Å²) in [5.41, 5.74) is 1.82. The summed E-state index contributed by atoms with van der Waals surface area (Å²) < 4.78 is 44.1. The molecular weight excluding hydrogens is 620 g/mol. The molecule has 0 aliphatic carbocycles. The molecule has 0 aromatic heterocycles. The predicted molar refractivity (Wildman–Crippen MR) is 182 cm³/mol. The van der Waals surface area contributed by atoms with Crippen molar-refractivity contribution in [2.24, 2.45) is 0 Å². The third-order valence-electron chi connectivity index (χ3n) is 8.24. The number of hydrogen-bond acceptors (Lipinski definition) is 12. The maximum Gasteiger partial charge on any atom is 0.338 e. The number of benzene rings is 2. The first-order valence-corrected chi connectivity index (χ1v) is 16.4. The molecule has 12 heteroatoms. The lowest BCUT2D eigenvalue weighted by atomic mass is 10.1. The molecule has 0 N–H and O–H groups in total. The van der Waals surface area contributed by atoms with Crippen LogP contribution in [0.25, 0.3) is 0 Å². The summed E-state index contributed by atoms with van der Waals surface area (Å²) in [5, 5.41) is 0. The first-order valence-electron chi connectivity index (χ1n) is 16.4. The number of nitrogens with zero attached hydrogens (tertiary/aromatic N) is 2. The van der Waals surface area contributed by atoms with Crippen LogP contribution >= 0.6 is 0 Å². The first-order chi connectivity index (χ1) is 23.3. The van der Waals surface area contributed by atoms with Gasteiger partial charge in [0, 0.05) is 26.2 Å². The summed E-state index contributed by atoms with van der Waals surface area (Å²) in [4.78, 5) is 30.4. The van der Waals surface area contributed by atoms with E-state index < -0.39 is 11.9 Å². The van der Waals surface area contributed by atoms with Crippen molar-refractivity contribution < 1.29 is 47.5 Å². The van der Waals surface area contributed by atoms with Crippen molar-refractivity contribution in [1.82, 2.24) is 9.80 Å². The van der Waals surface area contributed by atoms with Gasteiger partial charge in [0.1, 0.15) is 6.61 Å². The van der Waals surface area contributed by atoms with Crippen LogP contribution in [0.3, 0.4) is 0 Å². The Labute approximate surface area is 284 Å². The van der Waals surface area contributed by atoms with E-state index in [2.05, 4.69) is 16.7 Å². The van der Waals surface area contributed by atoms with Gasteiger partial charge in [0.2, 0.25) is 11.5 Å². The molecule has 1 aliphatic rings. The molecule has 1 fully saturated rings. The molecule has 0 unspecified atom stereocenters. The minimum atomic E-state index is -0.438. The number of methoxy groups -OCH3 is 5. The molecule has 3 rings (SSSR count). The number of allylic oxidation sites excluding steroid dienone is 1. The van der Waals surface area contributed by atoms with Gasteiger partial charge >= 0.3 is 11.9 Å². The van der Waals surface area contributed by atoms with Crippen LogP contribution in [-0.2, 0) is 9.47 Å². The minimum Gasteiger partial charge on any atom is -0.493 e. The Balaban J connectivity index is 1.40. The molecule has 0 bridgehead atoms. The highest BCUT2D eigenvalue weighted by Gasteiger charge is 2.21. The van der Waals surface area contributed by atoms with Gasteiger partial charge in [-0.2, -0.15) is 0 Å². The Morgan fingerprint density at radius 2 is 1.10 bits per heavy atom. The second-order valence-electron chi connectivity index (χ2n) is 11.2. The van der Waals surface area contributed by atoms with Gasteiger partial charge in [0.15, 0.2) is 23.0 Å². The number of ether oxygens (including phenoxy) is 8. The fraction of sp³-hybridized carbons (Fsp3) is 0.556. The van der Waals surface area contributed by atoms with Crippen molar-refractivity contribution in [3.63, 3.8) is 0 Å². The van der Waals surface area contributed by atoms with E-state index in [-0.39, 0.29) is 0 Å². The van der Waals surface area contributed by atoms with Crippen molar-refractivity contribution >= 4 is 11.9 Å². The lowest BCUT2D eigenvalue weighted by molar-refractivity contribution is 0.0475. The van der Waals surface area contributed by atoms with E-state index >= 15 is 0 Å². The fourth-order valence-corrected chi connectivity index (χ4v) is 5.46. The van der Waals surface area contributed by atoms with Crippen LogP contribution in [0.1, 0.15) is 60.2 Å².